The van der Waals surface area contributed by atoms with Crippen molar-refractivity contribution in [2.24, 2.45) is 0 Å². The number of alkyl halides is 3. The molecule has 2 aromatic rings. The molecule has 1 N–H and O–H groups in total. The monoisotopic (exact) mass is 315 g/mol. The molecule has 0 aromatic carbocycles. The molecule has 0 radical (unpaired) electrons. The molecule has 0 saturated carbocycles. The van der Waals surface area contributed by atoms with Gasteiger partial charge in [-0.05, 0) is 24.2 Å². The highest BCUT2D eigenvalue weighted by atomic mass is 32.2. The lowest BCUT2D eigenvalue weighted by molar-refractivity contribution is -0.145. The summed E-state index contributed by atoms with van der Waals surface area (Å²) < 4.78 is 38.5. The van der Waals surface area contributed by atoms with E-state index in [0.717, 1.165) is 18.2 Å². The first-order chi connectivity index (χ1) is 9.99. The summed E-state index contributed by atoms with van der Waals surface area (Å²) in [5, 5.41) is 3.52. The Labute approximate surface area is 123 Å². The molecule has 0 bridgehead atoms. The van der Waals surface area contributed by atoms with E-state index in [2.05, 4.69) is 25.3 Å². The van der Waals surface area contributed by atoms with E-state index in [0.29, 0.717) is 11.6 Å². The number of hydrogen-bond donors (Lipinski definition) is 1. The minimum atomic E-state index is -4.59. The molecule has 0 aliphatic heterocycles. The number of anilines is 1. The molecule has 21 heavy (non-hydrogen) atoms. The van der Waals surface area contributed by atoms with Crippen LogP contribution in [-0.4, -0.2) is 26.5 Å². The number of rotatable bonds is 5. The highest BCUT2D eigenvalue weighted by Crippen LogP contribution is 2.31. The smallest absolute Gasteiger partial charge is 0.370 e. The van der Waals surface area contributed by atoms with Gasteiger partial charge in [0.25, 0.3) is 0 Å². The summed E-state index contributed by atoms with van der Waals surface area (Å²) in [7, 11) is 0. The normalized spacial score (nSPS) is 11.4. The summed E-state index contributed by atoms with van der Waals surface area (Å²) >= 11 is 1.02. The topological polar surface area (TPSA) is 63.6 Å². The van der Waals surface area contributed by atoms with Crippen LogP contribution < -0.4 is 5.32 Å². The maximum absolute atomic E-state index is 12.8. The van der Waals surface area contributed by atoms with Gasteiger partial charge in [0.05, 0.1) is 0 Å². The van der Waals surface area contributed by atoms with Gasteiger partial charge < -0.3 is 5.32 Å². The van der Waals surface area contributed by atoms with Crippen LogP contribution >= 0.6 is 11.8 Å². The van der Waals surface area contributed by atoms with Gasteiger partial charge in [0.2, 0.25) is 5.82 Å². The van der Waals surface area contributed by atoms with Crippen LogP contribution in [0.4, 0.5) is 19.0 Å². The van der Waals surface area contributed by atoms with Crippen molar-refractivity contribution in [2.45, 2.75) is 29.6 Å². The molecule has 0 atom stereocenters. The Morgan fingerprint density at radius 3 is 2.67 bits per heavy atom. The number of aromatic nitrogens is 4. The van der Waals surface area contributed by atoms with Crippen LogP contribution in [0.25, 0.3) is 0 Å². The molecule has 0 amide bonds. The van der Waals surface area contributed by atoms with Gasteiger partial charge in [0, 0.05) is 18.8 Å². The SMILES string of the molecule is CCCNc1cc(Sc2ccncn2)nc(C(F)(F)F)n1. The molecule has 2 aromatic heterocycles. The van der Waals surface area contributed by atoms with Crippen molar-refractivity contribution in [2.75, 3.05) is 11.9 Å². The molecule has 0 aliphatic carbocycles. The molecule has 9 heteroatoms. The molecule has 0 aliphatic rings. The number of nitrogens with zero attached hydrogens (tertiary/aromatic N) is 4. The summed E-state index contributed by atoms with van der Waals surface area (Å²) in [4.78, 5) is 14.7. The summed E-state index contributed by atoms with van der Waals surface area (Å²) in [6, 6.07) is 3.07. The van der Waals surface area contributed by atoms with Gasteiger partial charge in [0.15, 0.2) is 0 Å². The first-order valence-corrected chi connectivity index (χ1v) is 6.94. The molecule has 112 valence electrons. The van der Waals surface area contributed by atoms with Crippen molar-refractivity contribution >= 4 is 17.6 Å². The third-order valence-electron chi connectivity index (χ3n) is 2.28. The second kappa shape index (κ2) is 6.70. The van der Waals surface area contributed by atoms with Crippen molar-refractivity contribution in [3.8, 4) is 0 Å². The van der Waals surface area contributed by atoms with Gasteiger partial charge in [-0.25, -0.2) is 19.9 Å². The second-order valence-electron chi connectivity index (χ2n) is 3.99. The minimum absolute atomic E-state index is 0.149. The molecular weight excluding hydrogens is 303 g/mol. The summed E-state index contributed by atoms with van der Waals surface area (Å²) in [5.74, 6) is -1.02. The predicted octanol–water partition coefficient (Wildman–Crippen LogP) is 3.26. The number of hydrogen-bond acceptors (Lipinski definition) is 6. The highest BCUT2D eigenvalue weighted by Gasteiger charge is 2.35. The quantitative estimate of drug-likeness (QED) is 0.855. The molecule has 2 rings (SSSR count). The number of nitrogens with one attached hydrogen (secondary N) is 1. The molecule has 0 saturated heterocycles. The average molecular weight is 315 g/mol. The van der Waals surface area contributed by atoms with Gasteiger partial charge in [-0.2, -0.15) is 13.2 Å². The van der Waals surface area contributed by atoms with Crippen molar-refractivity contribution < 1.29 is 13.2 Å². The van der Waals surface area contributed by atoms with Crippen LogP contribution in [0.1, 0.15) is 19.2 Å². The van der Waals surface area contributed by atoms with Crippen LogP contribution in [0, 0.1) is 0 Å². The lowest BCUT2D eigenvalue weighted by Crippen LogP contribution is -2.14. The zero-order valence-corrected chi connectivity index (χ0v) is 11.9. The zero-order chi connectivity index (χ0) is 15.3. The second-order valence-corrected chi connectivity index (χ2v) is 5.03. The Morgan fingerprint density at radius 2 is 2.05 bits per heavy atom. The van der Waals surface area contributed by atoms with Gasteiger partial charge in [0.1, 0.15) is 22.2 Å². The van der Waals surface area contributed by atoms with E-state index >= 15 is 0 Å². The van der Waals surface area contributed by atoms with Gasteiger partial charge in [-0.3, -0.25) is 0 Å². The van der Waals surface area contributed by atoms with E-state index in [9.17, 15) is 13.2 Å². The lowest BCUT2D eigenvalue weighted by Gasteiger charge is -2.10. The van der Waals surface area contributed by atoms with Crippen LogP contribution in [-0.2, 0) is 6.18 Å². The fourth-order valence-corrected chi connectivity index (χ4v) is 2.14. The third kappa shape index (κ3) is 4.55. The maximum Gasteiger partial charge on any atom is 0.451 e. The van der Waals surface area contributed by atoms with Crippen molar-refractivity contribution in [1.29, 1.82) is 0 Å². The number of halogens is 3. The van der Waals surface area contributed by atoms with Gasteiger partial charge >= 0.3 is 6.18 Å². The largest absolute Gasteiger partial charge is 0.451 e. The zero-order valence-electron chi connectivity index (χ0n) is 11.1. The first kappa shape index (κ1) is 15.5. The Kier molecular flexibility index (Phi) is 4.94. The van der Waals surface area contributed by atoms with E-state index < -0.39 is 12.0 Å². The predicted molar refractivity (Wildman–Crippen MR) is 72.0 cm³/mol. The average Bonchev–Trinajstić information content (AvgIpc) is 2.45. The van der Waals surface area contributed by atoms with Crippen LogP contribution in [0.5, 0.6) is 0 Å². The standard InChI is InChI=1S/C12H12F3N5S/c1-2-4-17-8-6-10(20-11(19-8)12(13,14)15)21-9-3-5-16-7-18-9/h3,5-7H,2,4H2,1H3,(H,17,19,20). The van der Waals surface area contributed by atoms with E-state index in [4.69, 9.17) is 0 Å². The molecule has 0 spiro atoms. The van der Waals surface area contributed by atoms with E-state index in [-0.39, 0.29) is 10.8 Å². The Hall–Kier alpha value is -1.90. The first-order valence-electron chi connectivity index (χ1n) is 6.13. The van der Waals surface area contributed by atoms with Crippen LogP contribution in [0.3, 0.4) is 0 Å². The molecule has 0 fully saturated rings. The van der Waals surface area contributed by atoms with Gasteiger partial charge in [-0.1, -0.05) is 6.92 Å². The molecule has 5 nitrogen and oxygen atoms in total. The van der Waals surface area contributed by atoms with E-state index in [1.54, 1.807) is 6.07 Å². The summed E-state index contributed by atoms with van der Waals surface area (Å²) in [6.45, 7) is 2.45. The maximum atomic E-state index is 12.8. The third-order valence-corrected chi connectivity index (χ3v) is 3.15. The fourth-order valence-electron chi connectivity index (χ4n) is 1.39. The molecule has 2 heterocycles. The molecule has 0 unspecified atom stereocenters. The van der Waals surface area contributed by atoms with E-state index in [1.165, 1.54) is 18.6 Å². The fraction of sp³-hybridized carbons (Fsp3) is 0.333. The Bertz CT molecular complexity index is 591. The minimum Gasteiger partial charge on any atom is -0.370 e. The summed E-state index contributed by atoms with van der Waals surface area (Å²) in [6.07, 6.45) is -0.980. The Balaban J connectivity index is 2.30. The Morgan fingerprint density at radius 1 is 1.24 bits per heavy atom. The van der Waals surface area contributed by atoms with Crippen LogP contribution in [0.2, 0.25) is 0 Å². The van der Waals surface area contributed by atoms with Crippen molar-refractivity contribution in [3.63, 3.8) is 0 Å². The van der Waals surface area contributed by atoms with Crippen molar-refractivity contribution in [1.82, 2.24) is 19.9 Å². The van der Waals surface area contributed by atoms with Gasteiger partial charge in [-0.15, -0.1) is 0 Å². The lowest BCUT2D eigenvalue weighted by atomic mass is 10.4. The van der Waals surface area contributed by atoms with E-state index in [1.807, 2.05) is 6.92 Å². The summed E-state index contributed by atoms with van der Waals surface area (Å²) in [5.41, 5.74) is 0. The highest BCUT2D eigenvalue weighted by molar-refractivity contribution is 7.99. The van der Waals surface area contributed by atoms with Crippen LogP contribution in [0.15, 0.2) is 34.7 Å². The molecular formula is C12H12F3N5S. The van der Waals surface area contributed by atoms with Crippen molar-refractivity contribution in [3.05, 3.63) is 30.5 Å².